The summed E-state index contributed by atoms with van der Waals surface area (Å²) in [7, 11) is 0. The molecule has 0 aliphatic rings. The topological polar surface area (TPSA) is 123 Å². The number of thiocarbonyl (C=S) groups is 1. The van der Waals surface area contributed by atoms with Gasteiger partial charge in [-0.15, -0.1) is 0 Å². The number of carbonyl (C=O) groups excluding carboxylic acids is 2. The number of nitrogens with one attached hydrogen (secondary N) is 3. The fourth-order valence-corrected chi connectivity index (χ4v) is 2.78. The van der Waals surface area contributed by atoms with Crippen LogP contribution >= 0.6 is 12.2 Å². The lowest BCUT2D eigenvalue weighted by Gasteiger charge is -2.11. The predicted octanol–water partition coefficient (Wildman–Crippen LogP) is 3.50. The summed E-state index contributed by atoms with van der Waals surface area (Å²) in [5.41, 5.74) is 4.62. The molecule has 31 heavy (non-hydrogen) atoms. The van der Waals surface area contributed by atoms with E-state index in [-0.39, 0.29) is 16.4 Å². The van der Waals surface area contributed by atoms with Gasteiger partial charge in [0.05, 0.1) is 11.5 Å². The Kier molecular flexibility index (Phi) is 9.37. The van der Waals surface area contributed by atoms with Crippen LogP contribution in [-0.4, -0.2) is 28.5 Å². The zero-order chi connectivity index (χ0) is 22.6. The number of nitro benzene ring substituents is 1. The number of hydrogen-bond donors (Lipinski definition) is 3. The van der Waals surface area contributed by atoms with Crippen molar-refractivity contribution in [3.05, 3.63) is 69.8 Å². The van der Waals surface area contributed by atoms with Crippen molar-refractivity contribution >= 4 is 34.8 Å². The highest BCUT2D eigenvalue weighted by molar-refractivity contribution is 7.80. The second-order valence-electron chi connectivity index (χ2n) is 6.57. The number of para-hydroxylation sites is 1. The first-order valence-corrected chi connectivity index (χ1v) is 10.2. The van der Waals surface area contributed by atoms with E-state index in [2.05, 4.69) is 23.1 Å². The number of carbonyl (C=O) groups is 2. The number of benzene rings is 2. The van der Waals surface area contributed by atoms with Crippen molar-refractivity contribution in [1.82, 2.24) is 16.2 Å². The Morgan fingerprint density at radius 1 is 1.00 bits per heavy atom. The summed E-state index contributed by atoms with van der Waals surface area (Å²) >= 11 is 4.96. The zero-order valence-electron chi connectivity index (χ0n) is 17.1. The van der Waals surface area contributed by atoms with E-state index in [0.717, 1.165) is 19.3 Å². The molecule has 3 N–H and O–H groups in total. The molecule has 2 aromatic carbocycles. The first-order chi connectivity index (χ1) is 14.9. The van der Waals surface area contributed by atoms with Crippen molar-refractivity contribution < 1.29 is 19.2 Å². The molecule has 2 amide bonds. The summed E-state index contributed by atoms with van der Waals surface area (Å²) in [4.78, 5) is 34.8. The first-order valence-electron chi connectivity index (χ1n) is 9.80. The summed E-state index contributed by atoms with van der Waals surface area (Å²) in [5.74, 6) is -0.565. The molecule has 0 atom stereocenters. The highest BCUT2D eigenvalue weighted by Gasteiger charge is 2.20. The van der Waals surface area contributed by atoms with E-state index in [1.807, 2.05) is 0 Å². The molecule has 0 aliphatic carbocycles. The van der Waals surface area contributed by atoms with Gasteiger partial charge in [0.2, 0.25) is 0 Å². The lowest BCUT2D eigenvalue weighted by molar-refractivity contribution is -0.385. The van der Waals surface area contributed by atoms with E-state index in [4.69, 9.17) is 17.0 Å². The molecule has 0 unspecified atom stereocenters. The van der Waals surface area contributed by atoms with Crippen LogP contribution in [-0.2, 0) is 0 Å². The third-order valence-corrected chi connectivity index (χ3v) is 4.45. The lowest BCUT2D eigenvalue weighted by atomic mass is 10.1. The molecular weight excluding hydrogens is 420 g/mol. The molecule has 0 heterocycles. The number of nitro groups is 1. The lowest BCUT2D eigenvalue weighted by Crippen LogP contribution is -2.48. The Morgan fingerprint density at radius 2 is 1.71 bits per heavy atom. The third-order valence-electron chi connectivity index (χ3n) is 4.25. The van der Waals surface area contributed by atoms with Crippen LogP contribution in [0, 0.1) is 10.1 Å². The van der Waals surface area contributed by atoms with Crippen molar-refractivity contribution in [2.24, 2.45) is 0 Å². The maximum Gasteiger partial charge on any atom is 0.282 e. The van der Waals surface area contributed by atoms with E-state index in [9.17, 15) is 19.7 Å². The van der Waals surface area contributed by atoms with E-state index < -0.39 is 16.7 Å². The van der Waals surface area contributed by atoms with Crippen LogP contribution in [0.15, 0.2) is 48.5 Å². The van der Waals surface area contributed by atoms with Gasteiger partial charge in [0.1, 0.15) is 11.3 Å². The minimum atomic E-state index is -0.764. The molecule has 2 aromatic rings. The number of unbranched alkanes of at least 4 members (excludes halogenated alkanes) is 3. The van der Waals surface area contributed by atoms with Crippen LogP contribution < -0.4 is 20.9 Å². The highest BCUT2D eigenvalue weighted by atomic mass is 32.1. The Morgan fingerprint density at radius 3 is 2.39 bits per heavy atom. The summed E-state index contributed by atoms with van der Waals surface area (Å²) in [6, 6.07) is 12.1. The molecular formula is C21H24N4O5S. The van der Waals surface area contributed by atoms with Crippen LogP contribution in [0.25, 0.3) is 0 Å². The van der Waals surface area contributed by atoms with Gasteiger partial charge in [0.25, 0.3) is 17.5 Å². The molecule has 2 rings (SSSR count). The van der Waals surface area contributed by atoms with Crippen molar-refractivity contribution in [2.75, 3.05) is 6.61 Å². The number of hydrogen-bond acceptors (Lipinski definition) is 6. The molecule has 0 aromatic heterocycles. The number of nitrogens with zero attached hydrogens (tertiary/aromatic N) is 1. The summed E-state index contributed by atoms with van der Waals surface area (Å²) in [6.07, 6.45) is 4.45. The molecule has 0 spiro atoms. The monoisotopic (exact) mass is 444 g/mol. The van der Waals surface area contributed by atoms with Gasteiger partial charge in [0, 0.05) is 11.6 Å². The molecule has 0 saturated heterocycles. The predicted molar refractivity (Wildman–Crippen MR) is 120 cm³/mol. The molecule has 0 saturated carbocycles. The van der Waals surface area contributed by atoms with Gasteiger partial charge in [0.15, 0.2) is 5.11 Å². The SMILES string of the molecule is CCCCCCOc1ccc(C(=O)NNC(=S)NC(=O)c2ccccc2[N+](=O)[O-])cc1. The normalized spacial score (nSPS) is 10.1. The Labute approximate surface area is 185 Å². The second kappa shape index (κ2) is 12.2. The van der Waals surface area contributed by atoms with Crippen LogP contribution in [0.3, 0.4) is 0 Å². The molecule has 0 fully saturated rings. The van der Waals surface area contributed by atoms with Crippen LogP contribution in [0.5, 0.6) is 5.75 Å². The second-order valence-corrected chi connectivity index (χ2v) is 6.98. The molecule has 9 nitrogen and oxygen atoms in total. The fourth-order valence-electron chi connectivity index (χ4n) is 2.63. The molecule has 0 aliphatic heterocycles. The smallest absolute Gasteiger partial charge is 0.282 e. The molecule has 0 radical (unpaired) electrons. The summed E-state index contributed by atoms with van der Waals surface area (Å²) < 4.78 is 5.63. The summed E-state index contributed by atoms with van der Waals surface area (Å²) in [6.45, 7) is 2.77. The van der Waals surface area contributed by atoms with E-state index >= 15 is 0 Å². The maximum absolute atomic E-state index is 12.2. The highest BCUT2D eigenvalue weighted by Crippen LogP contribution is 2.17. The van der Waals surface area contributed by atoms with Gasteiger partial charge in [-0.05, 0) is 49.0 Å². The number of ether oxygens (including phenoxy) is 1. The van der Waals surface area contributed by atoms with E-state index in [1.165, 1.54) is 30.7 Å². The Bertz CT molecular complexity index is 934. The molecule has 10 heteroatoms. The number of hydrazine groups is 1. The molecule has 0 bridgehead atoms. The minimum absolute atomic E-state index is 0.145. The number of amides is 2. The first kappa shape index (κ1) is 23.7. The van der Waals surface area contributed by atoms with Crippen molar-refractivity contribution in [3.63, 3.8) is 0 Å². The van der Waals surface area contributed by atoms with Crippen molar-refractivity contribution in [1.29, 1.82) is 0 Å². The average Bonchev–Trinajstić information content (AvgIpc) is 2.77. The largest absolute Gasteiger partial charge is 0.494 e. The van der Waals surface area contributed by atoms with Crippen LogP contribution in [0.1, 0.15) is 53.3 Å². The van der Waals surface area contributed by atoms with E-state index in [1.54, 1.807) is 24.3 Å². The number of rotatable bonds is 9. The van der Waals surface area contributed by atoms with Gasteiger partial charge in [-0.25, -0.2) is 0 Å². The standard InChI is InChI=1S/C21H24N4O5S/c1-2-3-4-7-14-30-16-12-10-15(11-13-16)19(26)23-24-21(31)22-20(27)17-8-5-6-9-18(17)25(28)29/h5-6,8-13H,2-4,7,14H2,1H3,(H,23,26)(H2,22,24,27,31). The van der Waals surface area contributed by atoms with Crippen LogP contribution in [0.2, 0.25) is 0 Å². The van der Waals surface area contributed by atoms with Gasteiger partial charge in [-0.3, -0.25) is 35.9 Å². The van der Waals surface area contributed by atoms with Gasteiger partial charge >= 0.3 is 0 Å². The quantitative estimate of drug-likeness (QED) is 0.234. The van der Waals surface area contributed by atoms with Gasteiger partial charge in [-0.2, -0.15) is 0 Å². The van der Waals surface area contributed by atoms with Gasteiger partial charge < -0.3 is 4.74 Å². The Hall–Kier alpha value is -3.53. The van der Waals surface area contributed by atoms with Gasteiger partial charge in [-0.1, -0.05) is 38.3 Å². The van der Waals surface area contributed by atoms with Crippen molar-refractivity contribution in [2.45, 2.75) is 32.6 Å². The zero-order valence-corrected chi connectivity index (χ0v) is 17.9. The average molecular weight is 445 g/mol. The van der Waals surface area contributed by atoms with Crippen LogP contribution in [0.4, 0.5) is 5.69 Å². The van der Waals surface area contributed by atoms with Crippen molar-refractivity contribution in [3.8, 4) is 5.75 Å². The fraction of sp³-hybridized carbons (Fsp3) is 0.286. The Balaban J connectivity index is 1.81. The molecule has 164 valence electrons. The third kappa shape index (κ3) is 7.67. The minimum Gasteiger partial charge on any atom is -0.494 e. The van der Waals surface area contributed by atoms with E-state index in [0.29, 0.717) is 17.9 Å². The summed E-state index contributed by atoms with van der Waals surface area (Å²) in [5, 5.41) is 13.1. The maximum atomic E-state index is 12.2.